The molecule has 30 heavy (non-hydrogen) atoms. The Balaban J connectivity index is 1.81. The molecule has 0 spiro atoms. The van der Waals surface area contributed by atoms with E-state index < -0.39 is 15.9 Å². The summed E-state index contributed by atoms with van der Waals surface area (Å²) < 4.78 is 34.6. The highest BCUT2D eigenvalue weighted by Crippen LogP contribution is 2.14. The highest BCUT2D eigenvalue weighted by atomic mass is 32.2. The van der Waals surface area contributed by atoms with Gasteiger partial charge >= 0.3 is 0 Å². The number of nitrogens with zero attached hydrogens (tertiary/aromatic N) is 1. The highest BCUT2D eigenvalue weighted by molar-refractivity contribution is 7.90. The summed E-state index contributed by atoms with van der Waals surface area (Å²) >= 11 is 0. The third kappa shape index (κ3) is 5.44. The summed E-state index contributed by atoms with van der Waals surface area (Å²) in [4.78, 5) is 24.9. The Morgan fingerprint density at radius 1 is 0.900 bits per heavy atom. The largest absolute Gasteiger partial charge is 0.480 e. The minimum Gasteiger partial charge on any atom is -0.480 e. The molecule has 0 aromatic heterocycles. The van der Waals surface area contributed by atoms with Crippen molar-refractivity contribution in [2.24, 2.45) is 4.40 Å². The van der Waals surface area contributed by atoms with Crippen LogP contribution in [0.2, 0.25) is 0 Å². The number of rotatable bonds is 2. The van der Waals surface area contributed by atoms with Crippen LogP contribution in [0.25, 0.3) is 0 Å². The number of hydrogen-bond donors (Lipinski definition) is 2. The fourth-order valence-electron chi connectivity index (χ4n) is 2.86. The maximum atomic E-state index is 12.6. The van der Waals surface area contributed by atoms with E-state index in [-0.39, 0.29) is 47.4 Å². The van der Waals surface area contributed by atoms with Crippen LogP contribution in [0.4, 0.5) is 0 Å². The van der Waals surface area contributed by atoms with Crippen LogP contribution in [0.3, 0.4) is 0 Å². The van der Waals surface area contributed by atoms with Crippen molar-refractivity contribution in [2.45, 2.75) is 24.7 Å². The number of hydrogen-bond acceptors (Lipinski definition) is 5. The predicted molar refractivity (Wildman–Crippen MR) is 112 cm³/mol. The summed E-state index contributed by atoms with van der Waals surface area (Å²) in [5.41, 5.74) is 1.47. The van der Waals surface area contributed by atoms with E-state index in [4.69, 9.17) is 4.74 Å². The lowest BCUT2D eigenvalue weighted by Gasteiger charge is -2.10. The van der Waals surface area contributed by atoms with Gasteiger partial charge in [-0.3, -0.25) is 9.59 Å². The number of carbonyl (C=O) groups is 2. The van der Waals surface area contributed by atoms with E-state index in [0.29, 0.717) is 13.0 Å². The zero-order valence-electron chi connectivity index (χ0n) is 16.6. The molecule has 2 amide bonds. The molecule has 1 aliphatic rings. The molecule has 158 valence electrons. The van der Waals surface area contributed by atoms with Gasteiger partial charge in [-0.25, -0.2) is 0 Å². The standard InChI is InChI=1S/C21H23N3O5S/c1-15-7-9-16(10-8-15)30(27,28)24-19-11-13-23-21(26)18-6-3-2-5-17(18)20(25)22-12-4-14-29-19/h2-3,5-10H,4,11-14H2,1H3,(H,22,25)(H,23,26)/b24-19-. The Bertz CT molecular complexity index is 1060. The van der Waals surface area contributed by atoms with Gasteiger partial charge in [0.05, 0.1) is 22.6 Å². The van der Waals surface area contributed by atoms with Gasteiger partial charge < -0.3 is 15.4 Å². The molecule has 0 unspecified atom stereocenters. The predicted octanol–water partition coefficient (Wildman–Crippen LogP) is 2.05. The van der Waals surface area contributed by atoms with Crippen LogP contribution in [-0.2, 0) is 14.8 Å². The maximum Gasteiger partial charge on any atom is 0.285 e. The maximum absolute atomic E-state index is 12.6. The Morgan fingerprint density at radius 3 is 2.13 bits per heavy atom. The molecule has 0 saturated heterocycles. The molecule has 2 N–H and O–H groups in total. The molecule has 0 saturated carbocycles. The molecule has 0 atom stereocenters. The van der Waals surface area contributed by atoms with E-state index >= 15 is 0 Å². The van der Waals surface area contributed by atoms with Gasteiger partial charge in [0.1, 0.15) is 0 Å². The molecular weight excluding hydrogens is 406 g/mol. The summed E-state index contributed by atoms with van der Waals surface area (Å²) in [6.45, 7) is 2.46. The molecule has 1 heterocycles. The van der Waals surface area contributed by atoms with Crippen LogP contribution in [-0.4, -0.2) is 45.8 Å². The van der Waals surface area contributed by atoms with Crippen molar-refractivity contribution in [3.63, 3.8) is 0 Å². The van der Waals surface area contributed by atoms with Gasteiger partial charge in [0, 0.05) is 19.5 Å². The van der Waals surface area contributed by atoms with Crippen LogP contribution in [0.1, 0.15) is 39.1 Å². The summed E-state index contributed by atoms with van der Waals surface area (Å²) in [6, 6.07) is 12.9. The van der Waals surface area contributed by atoms with E-state index in [9.17, 15) is 18.0 Å². The highest BCUT2D eigenvalue weighted by Gasteiger charge is 2.19. The van der Waals surface area contributed by atoms with E-state index in [1.807, 2.05) is 6.92 Å². The minimum absolute atomic E-state index is 0.00901. The number of benzene rings is 2. The molecule has 0 bridgehead atoms. The lowest BCUT2D eigenvalue weighted by molar-refractivity contribution is 0.0919. The second-order valence-electron chi connectivity index (χ2n) is 6.78. The lowest BCUT2D eigenvalue weighted by Crippen LogP contribution is -2.30. The number of amides is 2. The van der Waals surface area contributed by atoms with Gasteiger partial charge in [-0.2, -0.15) is 8.42 Å². The minimum atomic E-state index is -3.94. The SMILES string of the molecule is Cc1ccc(S(=O)(=O)/N=C2/CCNC(=O)c3ccccc3C(=O)NCCCO2)cc1. The first-order valence-corrected chi connectivity index (χ1v) is 11.0. The molecule has 1 aliphatic heterocycles. The van der Waals surface area contributed by atoms with E-state index in [1.165, 1.54) is 12.1 Å². The first-order chi connectivity index (χ1) is 14.4. The first kappa shape index (κ1) is 21.5. The summed E-state index contributed by atoms with van der Waals surface area (Å²) in [7, 11) is -3.94. The number of carbonyl (C=O) groups excluding carboxylic acids is 2. The van der Waals surface area contributed by atoms with Crippen molar-refractivity contribution < 1.29 is 22.7 Å². The van der Waals surface area contributed by atoms with Crippen molar-refractivity contribution in [2.75, 3.05) is 19.7 Å². The topological polar surface area (TPSA) is 114 Å². The van der Waals surface area contributed by atoms with Crippen molar-refractivity contribution in [3.8, 4) is 0 Å². The second-order valence-corrected chi connectivity index (χ2v) is 8.39. The number of ether oxygens (including phenoxy) is 1. The molecule has 2 aromatic rings. The number of nitrogens with one attached hydrogen (secondary N) is 2. The van der Waals surface area contributed by atoms with E-state index in [2.05, 4.69) is 15.0 Å². The Kier molecular flexibility index (Phi) is 6.83. The third-order valence-electron chi connectivity index (χ3n) is 4.46. The summed E-state index contributed by atoms with van der Waals surface area (Å²) in [6.07, 6.45) is 0.555. The van der Waals surface area contributed by atoms with Crippen molar-refractivity contribution in [1.29, 1.82) is 0 Å². The van der Waals surface area contributed by atoms with Gasteiger partial charge in [0.15, 0.2) is 0 Å². The molecule has 0 radical (unpaired) electrons. The molecule has 8 nitrogen and oxygen atoms in total. The molecule has 3 rings (SSSR count). The number of sulfonamides is 1. The second kappa shape index (κ2) is 9.53. The van der Waals surface area contributed by atoms with Gasteiger partial charge in [0.2, 0.25) is 5.90 Å². The Hall–Kier alpha value is -3.20. The average Bonchev–Trinajstić information content (AvgIpc) is 2.73. The fourth-order valence-corrected chi connectivity index (χ4v) is 3.86. The Labute approximate surface area is 175 Å². The monoisotopic (exact) mass is 429 g/mol. The van der Waals surface area contributed by atoms with Crippen molar-refractivity contribution in [3.05, 3.63) is 65.2 Å². The number of aryl methyl sites for hydroxylation is 1. The summed E-state index contributed by atoms with van der Waals surface area (Å²) in [5, 5.41) is 5.42. The summed E-state index contributed by atoms with van der Waals surface area (Å²) in [5.74, 6) is -0.772. The molecule has 0 aliphatic carbocycles. The van der Waals surface area contributed by atoms with Crippen LogP contribution in [0.5, 0.6) is 0 Å². The molecular formula is C21H23N3O5S. The van der Waals surface area contributed by atoms with Gasteiger partial charge in [0.25, 0.3) is 21.8 Å². The van der Waals surface area contributed by atoms with Gasteiger partial charge in [-0.15, -0.1) is 4.40 Å². The van der Waals surface area contributed by atoms with Crippen LogP contribution >= 0.6 is 0 Å². The normalized spacial score (nSPS) is 17.4. The average molecular weight is 429 g/mol. The molecule has 0 fully saturated rings. The zero-order valence-corrected chi connectivity index (χ0v) is 17.4. The number of fused-ring (bicyclic) bond motifs is 1. The fraction of sp³-hybridized carbons (Fsp3) is 0.286. The van der Waals surface area contributed by atoms with Gasteiger partial charge in [-0.1, -0.05) is 29.8 Å². The van der Waals surface area contributed by atoms with Crippen LogP contribution in [0, 0.1) is 6.92 Å². The quantitative estimate of drug-likeness (QED) is 0.758. The first-order valence-electron chi connectivity index (χ1n) is 9.55. The van der Waals surface area contributed by atoms with Crippen molar-refractivity contribution in [1.82, 2.24) is 10.6 Å². The molecule has 9 heteroatoms. The smallest absolute Gasteiger partial charge is 0.285 e. The van der Waals surface area contributed by atoms with E-state index in [1.54, 1.807) is 36.4 Å². The zero-order chi connectivity index (χ0) is 21.6. The Morgan fingerprint density at radius 2 is 1.50 bits per heavy atom. The lowest BCUT2D eigenvalue weighted by atomic mass is 10.1. The van der Waals surface area contributed by atoms with Crippen molar-refractivity contribution >= 4 is 27.7 Å². The van der Waals surface area contributed by atoms with Gasteiger partial charge in [-0.05, 0) is 37.6 Å². The molecule has 2 aromatic carbocycles. The van der Waals surface area contributed by atoms with E-state index in [0.717, 1.165) is 5.56 Å². The third-order valence-corrected chi connectivity index (χ3v) is 5.77. The van der Waals surface area contributed by atoms with Crippen LogP contribution < -0.4 is 10.6 Å². The van der Waals surface area contributed by atoms with Crippen LogP contribution in [0.15, 0.2) is 57.8 Å².